The van der Waals surface area contributed by atoms with E-state index in [0.717, 1.165) is 23.9 Å². The summed E-state index contributed by atoms with van der Waals surface area (Å²) < 4.78 is 1.85. The van der Waals surface area contributed by atoms with E-state index in [1.807, 2.05) is 31.4 Å². The van der Waals surface area contributed by atoms with Crippen LogP contribution in [0.1, 0.15) is 43.0 Å². The third kappa shape index (κ3) is 6.35. The molecule has 2 amide bonds. The first-order valence-electron chi connectivity index (χ1n) is 10.9. The Balaban J connectivity index is 1.70. The van der Waals surface area contributed by atoms with E-state index in [2.05, 4.69) is 20.8 Å². The summed E-state index contributed by atoms with van der Waals surface area (Å²) >= 11 is 1.16. The highest BCUT2D eigenvalue weighted by atomic mass is 32.2. The third-order valence-electron chi connectivity index (χ3n) is 5.12. The zero-order chi connectivity index (χ0) is 25.5. The molecule has 0 spiro atoms. The van der Waals surface area contributed by atoms with Crippen molar-refractivity contribution in [2.75, 3.05) is 11.1 Å². The maximum Gasteiger partial charge on any atom is 0.312 e. The first-order valence-corrected chi connectivity index (χ1v) is 11.9. The molecule has 3 rings (SSSR count). The molecule has 1 atom stereocenters. The van der Waals surface area contributed by atoms with Crippen LogP contribution in [-0.2, 0) is 11.3 Å². The van der Waals surface area contributed by atoms with Crippen LogP contribution in [0, 0.1) is 16.0 Å². The molecule has 0 unspecified atom stereocenters. The van der Waals surface area contributed by atoms with Crippen molar-refractivity contribution >= 4 is 35.0 Å². The lowest BCUT2D eigenvalue weighted by molar-refractivity contribution is -0.385. The number of nitrogens with one attached hydrogen (secondary N) is 2. The van der Waals surface area contributed by atoms with E-state index in [9.17, 15) is 24.8 Å². The number of aromatic nitrogens is 3. The predicted octanol–water partition coefficient (Wildman–Crippen LogP) is 3.77. The number of nitro benzene ring substituents is 1. The van der Waals surface area contributed by atoms with Gasteiger partial charge in [0, 0.05) is 23.9 Å². The molecule has 12 heteroatoms. The zero-order valence-electron chi connectivity index (χ0n) is 19.5. The van der Waals surface area contributed by atoms with Crippen molar-refractivity contribution in [2.45, 2.75) is 38.5 Å². The summed E-state index contributed by atoms with van der Waals surface area (Å²) in [7, 11) is 0. The molecule has 0 aliphatic heterocycles. The van der Waals surface area contributed by atoms with Crippen LogP contribution in [0.25, 0.3) is 0 Å². The normalized spacial score (nSPS) is 11.8. The third-order valence-corrected chi connectivity index (χ3v) is 6.08. The van der Waals surface area contributed by atoms with Gasteiger partial charge in [0.2, 0.25) is 5.91 Å². The standard InChI is InChI=1S/C23H26N6O5S/c1-4-28-21(20(14(2)3)25-22(32)15-8-6-5-7-9-15)26-27-23(28)35-13-19(31)24-16-10-11-18(30)17(12-16)29(33)34/h5-12,14,20,30H,4,13H2,1-3H3,(H,24,31)(H,25,32)/t20-/m0/s1. The summed E-state index contributed by atoms with van der Waals surface area (Å²) in [5.41, 5.74) is 0.241. The van der Waals surface area contributed by atoms with Crippen molar-refractivity contribution in [3.05, 3.63) is 70.0 Å². The molecule has 184 valence electrons. The molecule has 1 aromatic heterocycles. The second-order valence-electron chi connectivity index (χ2n) is 7.94. The molecule has 0 fully saturated rings. The van der Waals surface area contributed by atoms with Crippen molar-refractivity contribution in [3.8, 4) is 5.75 Å². The number of phenolic OH excluding ortho intramolecular Hbond substituents is 1. The van der Waals surface area contributed by atoms with Crippen LogP contribution in [0.5, 0.6) is 5.75 Å². The van der Waals surface area contributed by atoms with Crippen LogP contribution in [0.2, 0.25) is 0 Å². The van der Waals surface area contributed by atoms with Gasteiger partial charge in [-0.15, -0.1) is 10.2 Å². The van der Waals surface area contributed by atoms with Crippen molar-refractivity contribution in [1.82, 2.24) is 20.1 Å². The fourth-order valence-electron chi connectivity index (χ4n) is 3.35. The highest BCUT2D eigenvalue weighted by molar-refractivity contribution is 7.99. The van der Waals surface area contributed by atoms with Crippen LogP contribution >= 0.6 is 11.8 Å². The largest absolute Gasteiger partial charge is 0.502 e. The Hall–Kier alpha value is -3.93. The van der Waals surface area contributed by atoms with Gasteiger partial charge in [-0.3, -0.25) is 19.7 Å². The van der Waals surface area contributed by atoms with E-state index in [1.54, 1.807) is 24.3 Å². The van der Waals surface area contributed by atoms with E-state index in [4.69, 9.17) is 0 Å². The Kier molecular flexibility index (Phi) is 8.42. The van der Waals surface area contributed by atoms with Gasteiger partial charge in [-0.2, -0.15) is 0 Å². The molecule has 3 aromatic rings. The second-order valence-corrected chi connectivity index (χ2v) is 8.89. The number of rotatable bonds is 10. The molecule has 0 bridgehead atoms. The number of thioether (sulfide) groups is 1. The van der Waals surface area contributed by atoms with Gasteiger partial charge in [-0.1, -0.05) is 43.8 Å². The van der Waals surface area contributed by atoms with Gasteiger partial charge >= 0.3 is 5.69 Å². The summed E-state index contributed by atoms with van der Waals surface area (Å²) in [6, 6.07) is 12.1. The van der Waals surface area contributed by atoms with Gasteiger partial charge < -0.3 is 20.3 Å². The fraction of sp³-hybridized carbons (Fsp3) is 0.304. The average molecular weight is 499 g/mol. The van der Waals surface area contributed by atoms with Gasteiger partial charge in [0.25, 0.3) is 5.91 Å². The van der Waals surface area contributed by atoms with Gasteiger partial charge in [0.1, 0.15) is 0 Å². The molecule has 0 aliphatic rings. The molecule has 0 saturated heterocycles. The second kappa shape index (κ2) is 11.5. The van der Waals surface area contributed by atoms with Crippen molar-refractivity contribution < 1.29 is 19.6 Å². The Morgan fingerprint density at radius 1 is 1.17 bits per heavy atom. The maximum absolute atomic E-state index is 12.7. The Labute approximate surface area is 206 Å². The predicted molar refractivity (Wildman–Crippen MR) is 131 cm³/mol. The Bertz CT molecular complexity index is 1210. The number of carbonyl (C=O) groups is 2. The molecule has 1 heterocycles. The minimum atomic E-state index is -0.729. The maximum atomic E-state index is 12.7. The van der Waals surface area contributed by atoms with E-state index < -0.39 is 28.3 Å². The molecule has 3 N–H and O–H groups in total. The first kappa shape index (κ1) is 25.7. The SMILES string of the molecule is CCn1c(SCC(=O)Nc2ccc(O)c([N+](=O)[O-])c2)nnc1[C@@H](NC(=O)c1ccccc1)C(C)C. The lowest BCUT2D eigenvalue weighted by atomic mass is 10.0. The van der Waals surface area contributed by atoms with Crippen molar-refractivity contribution in [1.29, 1.82) is 0 Å². The van der Waals surface area contributed by atoms with Crippen LogP contribution in [0.3, 0.4) is 0 Å². The van der Waals surface area contributed by atoms with Crippen LogP contribution in [0.15, 0.2) is 53.7 Å². The Morgan fingerprint density at radius 2 is 1.89 bits per heavy atom. The van der Waals surface area contributed by atoms with E-state index >= 15 is 0 Å². The van der Waals surface area contributed by atoms with Gasteiger partial charge in [-0.25, -0.2) is 0 Å². The molecule has 0 saturated carbocycles. The number of nitrogens with zero attached hydrogens (tertiary/aromatic N) is 4. The topological polar surface area (TPSA) is 152 Å². The molecule has 0 radical (unpaired) electrons. The number of phenols is 1. The summed E-state index contributed by atoms with van der Waals surface area (Å²) in [5.74, 6) is -0.501. The van der Waals surface area contributed by atoms with Crippen molar-refractivity contribution in [2.24, 2.45) is 5.92 Å². The Morgan fingerprint density at radius 3 is 2.51 bits per heavy atom. The van der Waals surface area contributed by atoms with E-state index in [1.165, 1.54) is 6.07 Å². The smallest absolute Gasteiger partial charge is 0.312 e. The van der Waals surface area contributed by atoms with Crippen LogP contribution in [0.4, 0.5) is 11.4 Å². The van der Waals surface area contributed by atoms with Crippen LogP contribution < -0.4 is 10.6 Å². The number of benzene rings is 2. The number of aromatic hydroxyl groups is 1. The monoisotopic (exact) mass is 498 g/mol. The number of hydrogen-bond acceptors (Lipinski definition) is 8. The molecular weight excluding hydrogens is 472 g/mol. The average Bonchev–Trinajstić information content (AvgIpc) is 3.24. The minimum absolute atomic E-state index is 0.0183. The number of amides is 2. The summed E-state index contributed by atoms with van der Waals surface area (Å²) in [5, 5.41) is 35.2. The highest BCUT2D eigenvalue weighted by Crippen LogP contribution is 2.29. The zero-order valence-corrected chi connectivity index (χ0v) is 20.3. The van der Waals surface area contributed by atoms with Gasteiger partial charge in [0.15, 0.2) is 16.7 Å². The van der Waals surface area contributed by atoms with Gasteiger partial charge in [0.05, 0.1) is 16.7 Å². The molecule has 2 aromatic carbocycles. The molecule has 35 heavy (non-hydrogen) atoms. The molecular formula is C23H26N6O5S. The van der Waals surface area contributed by atoms with E-state index in [-0.39, 0.29) is 23.3 Å². The number of nitro groups is 1. The fourth-order valence-corrected chi connectivity index (χ4v) is 4.16. The molecule has 0 aliphatic carbocycles. The van der Waals surface area contributed by atoms with Crippen molar-refractivity contribution in [3.63, 3.8) is 0 Å². The highest BCUT2D eigenvalue weighted by Gasteiger charge is 2.26. The molecule has 11 nitrogen and oxygen atoms in total. The lowest BCUT2D eigenvalue weighted by Gasteiger charge is -2.22. The van der Waals surface area contributed by atoms with E-state index in [0.29, 0.717) is 23.1 Å². The van der Waals surface area contributed by atoms with Crippen LogP contribution in [-0.4, -0.2) is 42.4 Å². The lowest BCUT2D eigenvalue weighted by Crippen LogP contribution is -2.33. The number of anilines is 1. The minimum Gasteiger partial charge on any atom is -0.502 e. The summed E-state index contributed by atoms with van der Waals surface area (Å²) in [6.45, 7) is 6.40. The quantitative estimate of drug-likeness (QED) is 0.165. The summed E-state index contributed by atoms with van der Waals surface area (Å²) in [6.07, 6.45) is 0. The first-order chi connectivity index (χ1) is 16.7. The summed E-state index contributed by atoms with van der Waals surface area (Å²) in [4.78, 5) is 35.4. The van der Waals surface area contributed by atoms with Gasteiger partial charge in [-0.05, 0) is 37.1 Å². The number of carbonyl (C=O) groups excluding carboxylic acids is 2. The number of hydrogen-bond donors (Lipinski definition) is 3.